The number of hydrogen-bond acceptors (Lipinski definition) is 3. The van der Waals surface area contributed by atoms with E-state index < -0.39 is 12.1 Å². The minimum absolute atomic E-state index is 0.0826. The Morgan fingerprint density at radius 1 is 0.434 bits per heavy atom. The summed E-state index contributed by atoms with van der Waals surface area (Å²) in [4.78, 5) is 12.3. The number of rotatable bonds is 43. The number of aliphatic hydroxyl groups is 2. The van der Waals surface area contributed by atoms with E-state index in [1.807, 2.05) is 6.08 Å². The van der Waals surface area contributed by atoms with Gasteiger partial charge >= 0.3 is 0 Å². The van der Waals surface area contributed by atoms with E-state index in [1.165, 1.54) is 186 Å². The molecule has 0 spiro atoms. The average molecular weight is 744 g/mol. The van der Waals surface area contributed by atoms with Gasteiger partial charge in [0, 0.05) is 6.42 Å². The molecule has 0 aromatic heterocycles. The predicted molar refractivity (Wildman–Crippen MR) is 235 cm³/mol. The fraction of sp³-hybridized carbons (Fsp3) is 0.857. The highest BCUT2D eigenvalue weighted by Gasteiger charge is 2.17. The lowest BCUT2D eigenvalue weighted by Crippen LogP contribution is -2.45. The highest BCUT2D eigenvalue weighted by Crippen LogP contribution is 2.16. The molecule has 0 fully saturated rings. The highest BCUT2D eigenvalue weighted by molar-refractivity contribution is 5.76. The quantitative estimate of drug-likeness (QED) is 0.0430. The lowest BCUT2D eigenvalue weighted by Gasteiger charge is -2.19. The van der Waals surface area contributed by atoms with Crippen molar-refractivity contribution in [3.8, 4) is 0 Å². The summed E-state index contributed by atoms with van der Waals surface area (Å²) in [7, 11) is 0. The van der Waals surface area contributed by atoms with Crippen LogP contribution in [0.25, 0.3) is 0 Å². The number of carbonyl (C=O) groups is 1. The van der Waals surface area contributed by atoms with Crippen LogP contribution in [0.5, 0.6) is 0 Å². The van der Waals surface area contributed by atoms with Gasteiger partial charge in [-0.15, -0.1) is 0 Å². The van der Waals surface area contributed by atoms with E-state index in [4.69, 9.17) is 0 Å². The SMILES string of the molecule is CCCCCC/C=C\CCCCCCCC(=O)NC(CO)C(O)/C=C/CC/C=C/CCCCCCCCCCCCCCCCCCCCCCCC. The first-order valence-electron chi connectivity index (χ1n) is 23.7. The molecule has 4 nitrogen and oxygen atoms in total. The molecule has 312 valence electrons. The van der Waals surface area contributed by atoms with E-state index in [-0.39, 0.29) is 12.5 Å². The minimum atomic E-state index is -0.864. The average Bonchev–Trinajstić information content (AvgIpc) is 3.16. The van der Waals surface area contributed by atoms with Gasteiger partial charge in [-0.25, -0.2) is 0 Å². The van der Waals surface area contributed by atoms with Crippen LogP contribution >= 0.6 is 0 Å². The summed E-state index contributed by atoms with van der Waals surface area (Å²) in [5.74, 6) is -0.0826. The van der Waals surface area contributed by atoms with Gasteiger partial charge in [0.2, 0.25) is 5.91 Å². The number of carbonyl (C=O) groups excluding carboxylic acids is 1. The molecule has 0 aliphatic rings. The second-order valence-corrected chi connectivity index (χ2v) is 16.2. The summed E-state index contributed by atoms with van der Waals surface area (Å²) in [5.41, 5.74) is 0. The summed E-state index contributed by atoms with van der Waals surface area (Å²) in [6, 6.07) is -0.642. The normalized spacial score (nSPS) is 13.2. The third-order valence-electron chi connectivity index (χ3n) is 10.8. The van der Waals surface area contributed by atoms with Crippen molar-refractivity contribution in [3.63, 3.8) is 0 Å². The van der Waals surface area contributed by atoms with Gasteiger partial charge in [0.25, 0.3) is 0 Å². The van der Waals surface area contributed by atoms with Crippen molar-refractivity contribution in [2.45, 2.75) is 264 Å². The van der Waals surface area contributed by atoms with Gasteiger partial charge in [-0.2, -0.15) is 0 Å². The summed E-state index contributed by atoms with van der Waals surface area (Å²) < 4.78 is 0. The first kappa shape index (κ1) is 51.6. The van der Waals surface area contributed by atoms with E-state index in [1.54, 1.807) is 6.08 Å². The maximum Gasteiger partial charge on any atom is 0.220 e. The second-order valence-electron chi connectivity index (χ2n) is 16.2. The summed E-state index contributed by atoms with van der Waals surface area (Å²) in [6.45, 7) is 4.29. The smallest absolute Gasteiger partial charge is 0.220 e. The Morgan fingerprint density at radius 2 is 0.736 bits per heavy atom. The molecule has 2 atom stereocenters. The Hall–Kier alpha value is -1.39. The number of amides is 1. The van der Waals surface area contributed by atoms with Gasteiger partial charge in [-0.1, -0.05) is 224 Å². The Bertz CT molecular complexity index is 806. The summed E-state index contributed by atoms with van der Waals surface area (Å²) in [6.07, 6.45) is 59.9. The Kier molecular flexibility index (Phi) is 43.8. The van der Waals surface area contributed by atoms with Gasteiger partial charge in [-0.3, -0.25) is 4.79 Å². The van der Waals surface area contributed by atoms with Crippen LogP contribution in [0.15, 0.2) is 36.5 Å². The van der Waals surface area contributed by atoms with Crippen LogP contribution in [0, 0.1) is 0 Å². The zero-order valence-corrected chi connectivity index (χ0v) is 35.8. The molecule has 2 unspecified atom stereocenters. The zero-order chi connectivity index (χ0) is 38.6. The van der Waals surface area contributed by atoms with Gasteiger partial charge in [-0.05, 0) is 57.8 Å². The third kappa shape index (κ3) is 41.6. The number of allylic oxidation sites excluding steroid dienone is 5. The van der Waals surface area contributed by atoms with Crippen molar-refractivity contribution in [2.24, 2.45) is 0 Å². The van der Waals surface area contributed by atoms with Gasteiger partial charge in [0.05, 0.1) is 18.8 Å². The van der Waals surface area contributed by atoms with Crippen molar-refractivity contribution in [3.05, 3.63) is 36.5 Å². The van der Waals surface area contributed by atoms with Crippen molar-refractivity contribution in [1.82, 2.24) is 5.32 Å². The summed E-state index contributed by atoms with van der Waals surface area (Å²) >= 11 is 0. The Morgan fingerprint density at radius 3 is 1.11 bits per heavy atom. The second kappa shape index (κ2) is 45.0. The van der Waals surface area contributed by atoms with Crippen LogP contribution in [-0.2, 0) is 4.79 Å². The van der Waals surface area contributed by atoms with Crippen molar-refractivity contribution in [1.29, 1.82) is 0 Å². The van der Waals surface area contributed by atoms with Crippen molar-refractivity contribution in [2.75, 3.05) is 6.61 Å². The molecule has 53 heavy (non-hydrogen) atoms. The maximum absolute atomic E-state index is 12.3. The highest BCUT2D eigenvalue weighted by atomic mass is 16.3. The van der Waals surface area contributed by atoms with Crippen LogP contribution in [0.4, 0.5) is 0 Å². The van der Waals surface area contributed by atoms with E-state index in [0.717, 1.165) is 44.9 Å². The Labute approximate surface area is 331 Å². The molecule has 1 amide bonds. The molecule has 0 bridgehead atoms. The lowest BCUT2D eigenvalue weighted by molar-refractivity contribution is -0.123. The van der Waals surface area contributed by atoms with E-state index >= 15 is 0 Å². The van der Waals surface area contributed by atoms with Crippen LogP contribution in [-0.4, -0.2) is 34.9 Å². The van der Waals surface area contributed by atoms with Gasteiger partial charge in [0.15, 0.2) is 0 Å². The zero-order valence-electron chi connectivity index (χ0n) is 35.8. The fourth-order valence-electron chi connectivity index (χ4n) is 7.19. The van der Waals surface area contributed by atoms with Crippen LogP contribution in [0.2, 0.25) is 0 Å². The number of hydrogen-bond donors (Lipinski definition) is 3. The molecule has 0 rings (SSSR count). The minimum Gasteiger partial charge on any atom is -0.394 e. The number of unbranched alkanes of at least 4 members (excludes halogenated alkanes) is 32. The molecule has 0 saturated carbocycles. The maximum atomic E-state index is 12.3. The first-order chi connectivity index (χ1) is 26.2. The lowest BCUT2D eigenvalue weighted by atomic mass is 10.0. The predicted octanol–water partition coefficient (Wildman–Crippen LogP) is 15.0. The van der Waals surface area contributed by atoms with Crippen LogP contribution in [0.1, 0.15) is 251 Å². The van der Waals surface area contributed by atoms with E-state index in [9.17, 15) is 15.0 Å². The summed E-state index contributed by atoms with van der Waals surface area (Å²) in [5, 5.41) is 23.0. The van der Waals surface area contributed by atoms with Crippen LogP contribution in [0.3, 0.4) is 0 Å². The van der Waals surface area contributed by atoms with E-state index in [2.05, 4.69) is 43.5 Å². The molecular formula is C49H93NO3. The Balaban J connectivity index is 3.53. The van der Waals surface area contributed by atoms with Crippen molar-refractivity contribution >= 4 is 5.91 Å². The fourth-order valence-corrected chi connectivity index (χ4v) is 7.19. The monoisotopic (exact) mass is 744 g/mol. The standard InChI is InChI=1S/C49H93NO3/c1-3-5-7-9-11-13-15-17-18-19-20-21-22-23-24-25-26-27-28-29-30-31-33-34-36-38-40-42-44-48(52)47(46-51)50-49(53)45-43-41-39-37-35-32-16-14-12-10-8-6-4-2/h14,16,34,36,42,44,47-48,51-52H,3-13,15,17-33,35,37-41,43,45-46H2,1-2H3,(H,50,53)/b16-14-,36-34+,44-42+. The molecule has 4 heteroatoms. The molecule has 0 aromatic rings. The third-order valence-corrected chi connectivity index (χ3v) is 10.8. The molecule has 0 aromatic carbocycles. The van der Waals surface area contributed by atoms with Gasteiger partial charge < -0.3 is 15.5 Å². The molecule has 3 N–H and O–H groups in total. The first-order valence-corrected chi connectivity index (χ1v) is 23.7. The van der Waals surface area contributed by atoms with Gasteiger partial charge in [0.1, 0.15) is 0 Å². The topological polar surface area (TPSA) is 69.6 Å². The largest absolute Gasteiger partial charge is 0.394 e. The molecular weight excluding hydrogens is 651 g/mol. The van der Waals surface area contributed by atoms with E-state index in [0.29, 0.717) is 6.42 Å². The molecule has 0 heterocycles. The molecule has 0 radical (unpaired) electrons. The molecule has 0 saturated heterocycles. The van der Waals surface area contributed by atoms with Crippen LogP contribution < -0.4 is 5.32 Å². The van der Waals surface area contributed by atoms with Crippen molar-refractivity contribution < 1.29 is 15.0 Å². The number of nitrogens with one attached hydrogen (secondary N) is 1. The molecule has 0 aliphatic carbocycles. The molecule has 0 aliphatic heterocycles. The number of aliphatic hydroxyl groups excluding tert-OH is 2.